The van der Waals surface area contributed by atoms with Crippen LogP contribution in [0.5, 0.6) is 0 Å². The van der Waals surface area contributed by atoms with E-state index in [2.05, 4.69) is 30.9 Å². The van der Waals surface area contributed by atoms with Gasteiger partial charge in [-0.15, -0.1) is 0 Å². The van der Waals surface area contributed by atoms with Crippen LogP contribution in [-0.4, -0.2) is 26.3 Å². The third-order valence-corrected chi connectivity index (χ3v) is 4.10. The quantitative estimate of drug-likeness (QED) is 0.762. The minimum absolute atomic E-state index is 0.401. The summed E-state index contributed by atoms with van der Waals surface area (Å²) in [6, 6.07) is 10.3. The minimum Gasteiger partial charge on any atom is -0.364 e. The van der Waals surface area contributed by atoms with Crippen LogP contribution in [0, 0.1) is 0 Å². The number of hydrogen-bond acceptors (Lipinski definition) is 7. The molecule has 0 unspecified atom stereocenters. The van der Waals surface area contributed by atoms with Crippen molar-refractivity contribution in [3.63, 3.8) is 0 Å². The van der Waals surface area contributed by atoms with Crippen LogP contribution in [0.15, 0.2) is 35.0 Å². The van der Waals surface area contributed by atoms with Crippen LogP contribution in [0.4, 0.5) is 17.3 Å². The maximum atomic E-state index is 4.73. The summed E-state index contributed by atoms with van der Waals surface area (Å²) in [7, 11) is 0. The normalized spacial score (nSPS) is 15.7. The molecule has 0 saturated heterocycles. The van der Waals surface area contributed by atoms with Crippen molar-refractivity contribution < 1.29 is 4.63 Å². The monoisotopic (exact) mass is 310 g/mol. The highest BCUT2D eigenvalue weighted by molar-refractivity contribution is 5.76. The molecular weight excluding hydrogens is 292 g/mol. The van der Waals surface area contributed by atoms with Gasteiger partial charge in [0.05, 0.1) is 0 Å². The summed E-state index contributed by atoms with van der Waals surface area (Å²) < 4.78 is 4.73. The predicted molar refractivity (Wildman–Crippen MR) is 87.6 cm³/mol. The molecule has 1 aromatic carbocycles. The van der Waals surface area contributed by atoms with Gasteiger partial charge in [0.25, 0.3) is 0 Å². The number of nitrogens with one attached hydrogen (secondary N) is 2. The van der Waals surface area contributed by atoms with Gasteiger partial charge in [-0.05, 0) is 35.3 Å². The molecule has 0 bridgehead atoms. The van der Waals surface area contributed by atoms with Crippen LogP contribution in [0.3, 0.4) is 0 Å². The lowest BCUT2D eigenvalue weighted by Gasteiger charge is -2.24. The van der Waals surface area contributed by atoms with Crippen LogP contribution >= 0.6 is 0 Å². The molecule has 2 aromatic heterocycles. The van der Waals surface area contributed by atoms with Gasteiger partial charge in [0.15, 0.2) is 11.6 Å². The summed E-state index contributed by atoms with van der Waals surface area (Å²) >= 11 is 0. The van der Waals surface area contributed by atoms with Gasteiger partial charge in [-0.3, -0.25) is 0 Å². The van der Waals surface area contributed by atoms with Crippen molar-refractivity contribution in [3.8, 4) is 0 Å². The van der Waals surface area contributed by atoms with Crippen LogP contribution < -0.4 is 10.6 Å². The number of nitrogens with zero attached hydrogens (tertiary/aromatic N) is 4. The minimum atomic E-state index is 0.401. The lowest BCUT2D eigenvalue weighted by atomic mass is 9.95. The first-order chi connectivity index (χ1) is 11.4. The zero-order valence-electron chi connectivity index (χ0n) is 12.7. The van der Waals surface area contributed by atoms with E-state index in [9.17, 15) is 0 Å². The van der Waals surface area contributed by atoms with Crippen molar-refractivity contribution in [2.75, 3.05) is 10.6 Å². The first-order valence-corrected chi connectivity index (χ1v) is 7.97. The number of fused-ring (bicyclic) bond motifs is 1. The number of rotatable bonds is 4. The molecule has 118 valence electrons. The Labute approximate surface area is 133 Å². The molecule has 0 radical (unpaired) electrons. The third-order valence-electron chi connectivity index (χ3n) is 4.10. The van der Waals surface area contributed by atoms with Crippen molar-refractivity contribution >= 4 is 28.6 Å². The first-order valence-electron chi connectivity index (χ1n) is 7.97. The highest BCUT2D eigenvalue weighted by Crippen LogP contribution is 2.27. The molecule has 0 spiro atoms. The summed E-state index contributed by atoms with van der Waals surface area (Å²) in [6.07, 6.45) is 6.12. The molecule has 1 fully saturated rings. The number of anilines is 3. The molecule has 4 rings (SSSR count). The van der Waals surface area contributed by atoms with Gasteiger partial charge in [0, 0.05) is 11.7 Å². The molecule has 2 heterocycles. The second kappa shape index (κ2) is 6.20. The van der Waals surface area contributed by atoms with Crippen molar-refractivity contribution in [2.45, 2.75) is 38.1 Å². The smallest absolute Gasteiger partial charge is 0.245 e. The van der Waals surface area contributed by atoms with Crippen molar-refractivity contribution in [2.24, 2.45) is 0 Å². The van der Waals surface area contributed by atoms with Gasteiger partial charge >= 0.3 is 0 Å². The third kappa shape index (κ3) is 3.08. The number of benzene rings is 1. The largest absolute Gasteiger partial charge is 0.364 e. The summed E-state index contributed by atoms with van der Waals surface area (Å²) in [4.78, 5) is 9.01. The molecule has 1 aliphatic rings. The van der Waals surface area contributed by atoms with Crippen LogP contribution in [0.1, 0.15) is 32.1 Å². The van der Waals surface area contributed by atoms with Gasteiger partial charge in [-0.25, -0.2) is 14.6 Å². The summed E-state index contributed by atoms with van der Waals surface area (Å²) in [5.41, 5.74) is 1.77. The zero-order chi connectivity index (χ0) is 15.5. The van der Waals surface area contributed by atoms with Crippen LogP contribution in [-0.2, 0) is 0 Å². The lowest BCUT2D eigenvalue weighted by molar-refractivity contribution is 0.314. The van der Waals surface area contributed by atoms with E-state index in [-0.39, 0.29) is 0 Å². The maximum absolute atomic E-state index is 4.73. The van der Waals surface area contributed by atoms with Crippen LogP contribution in [0.2, 0.25) is 0 Å². The van der Waals surface area contributed by atoms with E-state index in [1.807, 2.05) is 30.3 Å². The second-order valence-electron chi connectivity index (χ2n) is 5.80. The number of para-hydroxylation sites is 1. The summed E-state index contributed by atoms with van der Waals surface area (Å²) in [5, 5.41) is 14.4. The lowest BCUT2D eigenvalue weighted by Crippen LogP contribution is -2.23. The van der Waals surface area contributed by atoms with E-state index in [4.69, 9.17) is 4.63 Å². The van der Waals surface area contributed by atoms with E-state index >= 15 is 0 Å². The van der Waals surface area contributed by atoms with E-state index in [1.165, 1.54) is 19.3 Å². The fourth-order valence-corrected chi connectivity index (χ4v) is 2.92. The van der Waals surface area contributed by atoms with Gasteiger partial charge in [0.1, 0.15) is 0 Å². The Bertz CT molecular complexity index is 782. The number of aromatic nitrogens is 4. The molecular formula is C16H18N6O. The summed E-state index contributed by atoms with van der Waals surface area (Å²) in [5.74, 6) is 1.34. The molecule has 1 aliphatic carbocycles. The van der Waals surface area contributed by atoms with E-state index < -0.39 is 0 Å². The average Bonchev–Trinajstić information content (AvgIpc) is 3.04. The van der Waals surface area contributed by atoms with Crippen molar-refractivity contribution in [3.05, 3.63) is 30.3 Å². The Morgan fingerprint density at radius 1 is 0.870 bits per heavy atom. The maximum Gasteiger partial charge on any atom is 0.245 e. The SMILES string of the molecule is c1ccc(Nc2nc3nonc3nc2NC2CCCCC2)cc1. The number of hydrogen-bond donors (Lipinski definition) is 2. The second-order valence-corrected chi connectivity index (χ2v) is 5.80. The van der Waals surface area contributed by atoms with Gasteiger partial charge in [-0.2, -0.15) is 0 Å². The Balaban J connectivity index is 1.66. The van der Waals surface area contributed by atoms with E-state index in [1.54, 1.807) is 0 Å². The molecule has 23 heavy (non-hydrogen) atoms. The molecule has 0 aliphatic heterocycles. The molecule has 3 aromatic rings. The average molecular weight is 310 g/mol. The van der Waals surface area contributed by atoms with Crippen molar-refractivity contribution in [1.29, 1.82) is 0 Å². The molecule has 1 saturated carbocycles. The molecule has 7 nitrogen and oxygen atoms in total. The predicted octanol–water partition coefficient (Wildman–Crippen LogP) is 3.50. The topological polar surface area (TPSA) is 88.8 Å². The summed E-state index contributed by atoms with van der Waals surface area (Å²) in [6.45, 7) is 0. The molecule has 7 heteroatoms. The van der Waals surface area contributed by atoms with E-state index in [0.717, 1.165) is 18.5 Å². The first kappa shape index (κ1) is 13.9. The molecule has 0 amide bonds. The highest BCUT2D eigenvalue weighted by Gasteiger charge is 2.18. The van der Waals surface area contributed by atoms with Crippen molar-refractivity contribution in [1.82, 2.24) is 20.3 Å². The van der Waals surface area contributed by atoms with Crippen LogP contribution in [0.25, 0.3) is 11.3 Å². The Morgan fingerprint density at radius 2 is 1.57 bits per heavy atom. The van der Waals surface area contributed by atoms with Gasteiger partial charge in [0.2, 0.25) is 11.3 Å². The molecule has 2 N–H and O–H groups in total. The van der Waals surface area contributed by atoms with E-state index in [0.29, 0.717) is 29.0 Å². The fraction of sp³-hybridized carbons (Fsp3) is 0.375. The van der Waals surface area contributed by atoms with Gasteiger partial charge < -0.3 is 10.6 Å². The zero-order valence-corrected chi connectivity index (χ0v) is 12.7. The Morgan fingerprint density at radius 3 is 2.30 bits per heavy atom. The molecule has 0 atom stereocenters. The van der Waals surface area contributed by atoms with Gasteiger partial charge in [-0.1, -0.05) is 37.5 Å². The Hall–Kier alpha value is -2.70. The highest BCUT2D eigenvalue weighted by atomic mass is 16.6. The standard InChI is InChI=1S/C16H18N6O/c1-3-7-11(8-4-1)17-13-14(18-12-9-5-2-6-10-12)20-16-15(19-13)21-23-22-16/h1,3-4,7-8,12H,2,5-6,9-10H2,(H,17,19,21)(H,18,20,22). The Kier molecular flexibility index (Phi) is 3.75. The fourth-order valence-electron chi connectivity index (χ4n) is 2.92.